The summed E-state index contributed by atoms with van der Waals surface area (Å²) in [6.45, 7) is 0.710. The molecule has 0 unspecified atom stereocenters. The van der Waals surface area contributed by atoms with Gasteiger partial charge in [-0.2, -0.15) is 0 Å². The second-order valence-corrected chi connectivity index (χ2v) is 9.25. The summed E-state index contributed by atoms with van der Waals surface area (Å²) in [4.78, 5) is 27.1. The Morgan fingerprint density at radius 1 is 1.03 bits per heavy atom. The Morgan fingerprint density at radius 3 is 2.59 bits per heavy atom. The van der Waals surface area contributed by atoms with Crippen LogP contribution in [0.3, 0.4) is 0 Å². The number of hydrogen-bond acceptors (Lipinski definition) is 7. The van der Waals surface area contributed by atoms with Crippen LogP contribution in [0.25, 0.3) is 32.9 Å². The number of aliphatic hydroxyl groups excluding tert-OH is 1. The minimum atomic E-state index is -0.747. The molecule has 1 N–H and O–H groups in total. The maximum absolute atomic E-state index is 13.6. The molecule has 0 aliphatic carbocycles. The van der Waals surface area contributed by atoms with Crippen LogP contribution in [0.1, 0.15) is 23.6 Å². The molecule has 0 spiro atoms. The quantitative estimate of drug-likeness (QED) is 0.370. The molecule has 8 heteroatoms. The van der Waals surface area contributed by atoms with E-state index in [0.717, 1.165) is 27.6 Å². The molecule has 8 nitrogen and oxygen atoms in total. The van der Waals surface area contributed by atoms with Crippen molar-refractivity contribution in [3.05, 3.63) is 94.8 Å². The highest BCUT2D eigenvalue weighted by atomic mass is 16.5. The van der Waals surface area contributed by atoms with E-state index in [2.05, 4.69) is 39.2 Å². The van der Waals surface area contributed by atoms with Gasteiger partial charge in [0.2, 0.25) is 5.88 Å². The van der Waals surface area contributed by atoms with E-state index in [1.807, 2.05) is 30.3 Å². The number of ether oxygens (including phenoxy) is 2. The maximum Gasteiger partial charge on any atom is 0.261 e. The average molecular weight is 495 g/mol. The van der Waals surface area contributed by atoms with Crippen molar-refractivity contribution >= 4 is 21.8 Å². The Bertz CT molecular complexity index is 1630. The van der Waals surface area contributed by atoms with Gasteiger partial charge in [0.1, 0.15) is 5.52 Å². The second kappa shape index (κ2) is 9.72. The van der Waals surface area contributed by atoms with Gasteiger partial charge in [-0.3, -0.25) is 14.3 Å². The molecule has 1 fully saturated rings. The van der Waals surface area contributed by atoms with Crippen molar-refractivity contribution < 1.29 is 14.6 Å². The van der Waals surface area contributed by atoms with Crippen LogP contribution in [0.15, 0.2) is 78.1 Å². The van der Waals surface area contributed by atoms with Gasteiger partial charge >= 0.3 is 0 Å². The summed E-state index contributed by atoms with van der Waals surface area (Å²) in [5, 5.41) is 11.9. The average Bonchev–Trinajstić information content (AvgIpc) is 2.95. The Morgan fingerprint density at radius 2 is 1.84 bits per heavy atom. The van der Waals surface area contributed by atoms with E-state index in [4.69, 9.17) is 9.47 Å². The third-order valence-electron chi connectivity index (χ3n) is 7.00. The van der Waals surface area contributed by atoms with Crippen molar-refractivity contribution in [1.29, 1.82) is 0 Å². The van der Waals surface area contributed by atoms with E-state index >= 15 is 0 Å². The summed E-state index contributed by atoms with van der Waals surface area (Å²) in [5.74, 6) is 0.581. The van der Waals surface area contributed by atoms with Gasteiger partial charge in [0.25, 0.3) is 5.56 Å². The van der Waals surface area contributed by atoms with Crippen molar-refractivity contribution in [2.24, 2.45) is 0 Å². The number of nitrogens with zero attached hydrogens (tertiary/aromatic N) is 4. The first-order valence-corrected chi connectivity index (χ1v) is 12.2. The van der Waals surface area contributed by atoms with Crippen LogP contribution in [0.4, 0.5) is 0 Å². The predicted molar refractivity (Wildman–Crippen MR) is 141 cm³/mol. The molecule has 0 saturated carbocycles. The summed E-state index contributed by atoms with van der Waals surface area (Å²) < 4.78 is 12.0. The molecular formula is C29H26N4O4. The zero-order valence-electron chi connectivity index (χ0n) is 20.4. The highest BCUT2D eigenvalue weighted by Gasteiger charge is 2.27. The zero-order valence-corrected chi connectivity index (χ0v) is 20.4. The molecule has 2 atom stereocenters. The maximum atomic E-state index is 13.6. The lowest BCUT2D eigenvalue weighted by atomic mass is 9.97. The topological polar surface area (TPSA) is 99.4 Å². The van der Waals surface area contributed by atoms with Crippen LogP contribution < -0.4 is 10.3 Å². The molecule has 2 aromatic carbocycles. The number of rotatable bonds is 5. The Kier molecular flexibility index (Phi) is 6.12. The van der Waals surface area contributed by atoms with Gasteiger partial charge in [-0.15, -0.1) is 0 Å². The first-order chi connectivity index (χ1) is 18.1. The van der Waals surface area contributed by atoms with Gasteiger partial charge in [-0.25, -0.2) is 9.97 Å². The number of pyridine rings is 2. The van der Waals surface area contributed by atoms with Crippen LogP contribution in [-0.4, -0.2) is 51.1 Å². The van der Waals surface area contributed by atoms with E-state index in [0.29, 0.717) is 41.7 Å². The van der Waals surface area contributed by atoms with Gasteiger partial charge in [0, 0.05) is 36.0 Å². The largest absolute Gasteiger partial charge is 0.481 e. The third kappa shape index (κ3) is 4.34. The van der Waals surface area contributed by atoms with Crippen molar-refractivity contribution in [3.8, 4) is 17.0 Å². The number of hydrogen-bond donors (Lipinski definition) is 1. The molecule has 1 saturated heterocycles. The number of aromatic nitrogens is 4. The predicted octanol–water partition coefficient (Wildman–Crippen LogP) is 3.93. The molecule has 5 aromatic rings. The fourth-order valence-corrected chi connectivity index (χ4v) is 5.03. The van der Waals surface area contributed by atoms with Gasteiger partial charge in [-0.1, -0.05) is 30.3 Å². The summed E-state index contributed by atoms with van der Waals surface area (Å²) in [7, 11) is 1.60. The van der Waals surface area contributed by atoms with Gasteiger partial charge in [0.15, 0.2) is 0 Å². The molecule has 0 radical (unpaired) electrons. The van der Waals surface area contributed by atoms with Gasteiger partial charge < -0.3 is 14.6 Å². The van der Waals surface area contributed by atoms with Gasteiger partial charge in [0.05, 0.1) is 43.1 Å². The molecule has 3 aromatic heterocycles. The van der Waals surface area contributed by atoms with Crippen molar-refractivity contribution in [2.45, 2.75) is 25.0 Å². The summed E-state index contributed by atoms with van der Waals surface area (Å²) >= 11 is 0. The minimum Gasteiger partial charge on any atom is -0.481 e. The molecule has 4 heterocycles. The number of fused-ring (bicyclic) bond motifs is 3. The molecule has 0 amide bonds. The Labute approximate surface area is 213 Å². The lowest BCUT2D eigenvalue weighted by Gasteiger charge is -2.29. The van der Waals surface area contributed by atoms with Crippen molar-refractivity contribution in [3.63, 3.8) is 0 Å². The van der Waals surface area contributed by atoms with Crippen LogP contribution >= 0.6 is 0 Å². The number of methoxy groups -OCH3 is 1. The zero-order chi connectivity index (χ0) is 25.4. The molecule has 1 aliphatic rings. The number of aliphatic hydroxyl groups is 1. The highest BCUT2D eigenvalue weighted by molar-refractivity contribution is 6.04. The number of benzene rings is 2. The fourth-order valence-electron chi connectivity index (χ4n) is 5.03. The summed E-state index contributed by atoms with van der Waals surface area (Å²) in [5.41, 5.74) is 5.28. The smallest absolute Gasteiger partial charge is 0.261 e. The van der Waals surface area contributed by atoms with Crippen LogP contribution in [-0.2, 0) is 11.2 Å². The van der Waals surface area contributed by atoms with E-state index in [-0.39, 0.29) is 18.2 Å². The lowest BCUT2D eigenvalue weighted by Crippen LogP contribution is -2.39. The van der Waals surface area contributed by atoms with Crippen molar-refractivity contribution in [2.75, 3.05) is 20.3 Å². The van der Waals surface area contributed by atoms with Crippen molar-refractivity contribution in [1.82, 2.24) is 19.5 Å². The molecule has 0 bridgehead atoms. The summed E-state index contributed by atoms with van der Waals surface area (Å²) in [6.07, 6.45) is 5.49. The Hall–Kier alpha value is -4.14. The molecule has 1 aliphatic heterocycles. The molecular weight excluding hydrogens is 468 g/mol. The molecule has 6 rings (SSSR count). The second-order valence-electron chi connectivity index (χ2n) is 9.25. The molecule has 37 heavy (non-hydrogen) atoms. The third-order valence-corrected chi connectivity index (χ3v) is 7.00. The normalized spacial score (nSPS) is 17.8. The molecule has 186 valence electrons. The van der Waals surface area contributed by atoms with Crippen LogP contribution in [0, 0.1) is 0 Å². The van der Waals surface area contributed by atoms with Gasteiger partial charge in [-0.05, 0) is 47.7 Å². The Balaban J connectivity index is 1.39. The first-order valence-electron chi connectivity index (χ1n) is 12.2. The minimum absolute atomic E-state index is 0.174. The fraction of sp³-hybridized carbons (Fsp3) is 0.241. The SMILES string of the molecule is COc1ccc(-c2ccc(Cc3cc4c(=O)n([C@H]5CCOC[C@@H]5O)cnc4c4ncccc34)cc2)cn1. The van der Waals surface area contributed by atoms with E-state index in [1.54, 1.807) is 24.1 Å². The lowest BCUT2D eigenvalue weighted by molar-refractivity contribution is -0.0395. The van der Waals surface area contributed by atoms with E-state index in [9.17, 15) is 9.90 Å². The first kappa shape index (κ1) is 23.3. The monoisotopic (exact) mass is 494 g/mol. The van der Waals surface area contributed by atoms with E-state index in [1.165, 1.54) is 6.33 Å². The standard InChI is InChI=1S/C29H26N4O4/c1-36-26-9-8-20(15-31-26)19-6-4-18(5-7-19)13-21-14-23-28(27-22(21)3-2-11-30-27)32-17-33(29(23)35)24-10-12-37-16-25(24)34/h2-9,11,14-15,17,24-25,34H,10,12-13,16H2,1H3/t24-,25-/m0/s1. The van der Waals surface area contributed by atoms with Crippen LogP contribution in [0.5, 0.6) is 5.88 Å². The van der Waals surface area contributed by atoms with E-state index < -0.39 is 6.10 Å². The van der Waals surface area contributed by atoms with Crippen LogP contribution in [0.2, 0.25) is 0 Å². The summed E-state index contributed by atoms with van der Waals surface area (Å²) in [6, 6.07) is 17.6. The highest BCUT2D eigenvalue weighted by Crippen LogP contribution is 2.28.